The van der Waals surface area contributed by atoms with Gasteiger partial charge in [0.15, 0.2) is 0 Å². The summed E-state index contributed by atoms with van der Waals surface area (Å²) in [5.41, 5.74) is 15.0. The van der Waals surface area contributed by atoms with Crippen LogP contribution in [0.15, 0.2) is 65.7 Å². The number of nitrogen functional groups attached to an aromatic ring is 1. The van der Waals surface area contributed by atoms with Crippen LogP contribution in [0.5, 0.6) is 5.75 Å². The van der Waals surface area contributed by atoms with Gasteiger partial charge in [-0.3, -0.25) is 4.99 Å². The molecule has 0 fully saturated rings. The molecular formula is C26H30N2O. The Morgan fingerprint density at radius 3 is 2.07 bits per heavy atom. The fourth-order valence-corrected chi connectivity index (χ4v) is 3.60. The minimum absolute atomic E-state index is 0.275. The van der Waals surface area contributed by atoms with Crippen molar-refractivity contribution in [1.82, 2.24) is 0 Å². The lowest BCUT2D eigenvalue weighted by atomic mass is 9.98. The smallest absolute Gasteiger partial charge is 0.115 e. The summed E-state index contributed by atoms with van der Waals surface area (Å²) in [6, 6.07) is 20.2. The van der Waals surface area contributed by atoms with Gasteiger partial charge in [-0.05, 0) is 89.9 Å². The van der Waals surface area contributed by atoms with Gasteiger partial charge in [0.2, 0.25) is 0 Å². The van der Waals surface area contributed by atoms with Gasteiger partial charge in [-0.15, -0.1) is 0 Å². The predicted molar refractivity (Wildman–Crippen MR) is 123 cm³/mol. The van der Waals surface area contributed by atoms with Crippen molar-refractivity contribution >= 4 is 17.1 Å². The topological polar surface area (TPSA) is 58.6 Å². The van der Waals surface area contributed by atoms with Crippen molar-refractivity contribution < 1.29 is 5.11 Å². The molecule has 0 saturated carbocycles. The van der Waals surface area contributed by atoms with Crippen LogP contribution in [0.2, 0.25) is 0 Å². The highest BCUT2D eigenvalue weighted by atomic mass is 16.3. The van der Waals surface area contributed by atoms with Crippen LogP contribution in [-0.2, 0) is 19.3 Å². The summed E-state index contributed by atoms with van der Waals surface area (Å²) in [6.07, 6.45) is 3.61. The number of nitrogens with two attached hydrogens (primary N) is 1. The lowest BCUT2D eigenvalue weighted by Crippen LogP contribution is -1.99. The summed E-state index contributed by atoms with van der Waals surface area (Å²) >= 11 is 0. The van der Waals surface area contributed by atoms with Crippen molar-refractivity contribution in [2.75, 3.05) is 5.73 Å². The van der Waals surface area contributed by atoms with E-state index in [-0.39, 0.29) is 5.75 Å². The number of phenols is 1. The lowest BCUT2D eigenvalue weighted by molar-refractivity contribution is 0.475. The van der Waals surface area contributed by atoms with Gasteiger partial charge in [0.1, 0.15) is 5.75 Å². The Labute approximate surface area is 173 Å². The molecule has 0 heterocycles. The second-order valence-electron chi connectivity index (χ2n) is 7.34. The first-order chi connectivity index (χ1) is 14.0. The Kier molecular flexibility index (Phi) is 6.71. The van der Waals surface area contributed by atoms with Crippen LogP contribution in [0.4, 0.5) is 11.4 Å². The van der Waals surface area contributed by atoms with Gasteiger partial charge >= 0.3 is 0 Å². The number of aromatic hydroxyl groups is 1. The van der Waals surface area contributed by atoms with Crippen LogP contribution in [-0.4, -0.2) is 10.8 Å². The van der Waals surface area contributed by atoms with Crippen LogP contribution < -0.4 is 5.73 Å². The van der Waals surface area contributed by atoms with Crippen LogP contribution in [0.25, 0.3) is 0 Å². The molecule has 3 N–H and O–H groups in total. The standard InChI is InChI=1S/C26H30N2O/c1-4-20-16-18(7-13-24(20)27)15-19-8-14-26(21(5-2)17-19)28-25(6-3)22-9-11-23(29)12-10-22/h7-14,16-17,29H,4-6,15,27H2,1-3H3. The molecule has 29 heavy (non-hydrogen) atoms. The highest BCUT2D eigenvalue weighted by Gasteiger charge is 2.07. The van der Waals surface area contributed by atoms with E-state index >= 15 is 0 Å². The number of hydrogen-bond acceptors (Lipinski definition) is 3. The maximum absolute atomic E-state index is 9.54. The Balaban J connectivity index is 1.89. The summed E-state index contributed by atoms with van der Waals surface area (Å²) < 4.78 is 0. The third-order valence-electron chi connectivity index (χ3n) is 5.31. The summed E-state index contributed by atoms with van der Waals surface area (Å²) in [4.78, 5) is 4.95. The molecule has 0 radical (unpaired) electrons. The Morgan fingerprint density at radius 2 is 1.45 bits per heavy atom. The molecule has 3 nitrogen and oxygen atoms in total. The molecule has 3 rings (SSSR count). The number of nitrogens with zero attached hydrogens (tertiary/aromatic N) is 1. The average molecular weight is 387 g/mol. The lowest BCUT2D eigenvalue weighted by Gasteiger charge is -2.11. The summed E-state index contributed by atoms with van der Waals surface area (Å²) in [5.74, 6) is 0.275. The zero-order valence-corrected chi connectivity index (χ0v) is 17.6. The van der Waals surface area contributed by atoms with E-state index in [9.17, 15) is 5.11 Å². The van der Waals surface area contributed by atoms with Crippen LogP contribution in [0.3, 0.4) is 0 Å². The van der Waals surface area contributed by atoms with E-state index in [1.807, 2.05) is 18.2 Å². The molecule has 0 unspecified atom stereocenters. The molecule has 0 aliphatic rings. The largest absolute Gasteiger partial charge is 0.508 e. The average Bonchev–Trinajstić information content (AvgIpc) is 2.74. The molecule has 0 aliphatic heterocycles. The Bertz CT molecular complexity index is 1000. The van der Waals surface area contributed by atoms with E-state index in [1.54, 1.807) is 12.1 Å². The molecular weight excluding hydrogens is 356 g/mol. The SMILES string of the molecule is CCC(=Nc1ccc(Cc2ccc(N)c(CC)c2)cc1CC)c1ccc(O)cc1. The Morgan fingerprint density at radius 1 is 0.828 bits per heavy atom. The second kappa shape index (κ2) is 9.42. The fraction of sp³-hybridized carbons (Fsp3) is 0.269. The van der Waals surface area contributed by atoms with E-state index in [2.05, 4.69) is 51.1 Å². The van der Waals surface area contributed by atoms with Crippen molar-refractivity contribution in [3.8, 4) is 5.75 Å². The number of phenolic OH excluding ortho intramolecular Hbond substituents is 1. The number of benzene rings is 3. The van der Waals surface area contributed by atoms with Gasteiger partial charge in [-0.2, -0.15) is 0 Å². The van der Waals surface area contributed by atoms with Gasteiger partial charge < -0.3 is 10.8 Å². The molecule has 0 aromatic heterocycles. The quantitative estimate of drug-likeness (QED) is 0.374. The first kappa shape index (κ1) is 20.7. The predicted octanol–water partition coefficient (Wildman–Crippen LogP) is 6.22. The maximum atomic E-state index is 9.54. The third-order valence-corrected chi connectivity index (χ3v) is 5.31. The van der Waals surface area contributed by atoms with E-state index in [4.69, 9.17) is 10.7 Å². The van der Waals surface area contributed by atoms with Gasteiger partial charge in [0.25, 0.3) is 0 Å². The van der Waals surface area contributed by atoms with E-state index in [1.165, 1.54) is 22.3 Å². The monoisotopic (exact) mass is 386 g/mol. The zero-order valence-electron chi connectivity index (χ0n) is 17.6. The van der Waals surface area contributed by atoms with Crippen molar-refractivity contribution in [3.63, 3.8) is 0 Å². The second-order valence-corrected chi connectivity index (χ2v) is 7.34. The summed E-state index contributed by atoms with van der Waals surface area (Å²) in [7, 11) is 0. The highest BCUT2D eigenvalue weighted by molar-refractivity contribution is 6.02. The fourth-order valence-electron chi connectivity index (χ4n) is 3.60. The van der Waals surface area contributed by atoms with E-state index in [0.29, 0.717) is 0 Å². The first-order valence-electron chi connectivity index (χ1n) is 10.4. The van der Waals surface area contributed by atoms with Crippen molar-refractivity contribution in [3.05, 3.63) is 88.5 Å². The number of anilines is 1. The molecule has 3 heteroatoms. The first-order valence-corrected chi connectivity index (χ1v) is 10.4. The molecule has 150 valence electrons. The minimum atomic E-state index is 0.275. The van der Waals surface area contributed by atoms with E-state index in [0.717, 1.165) is 48.3 Å². The number of aliphatic imine (C=N–C) groups is 1. The maximum Gasteiger partial charge on any atom is 0.115 e. The summed E-state index contributed by atoms with van der Waals surface area (Å²) in [6.45, 7) is 6.41. The van der Waals surface area contributed by atoms with Crippen LogP contribution in [0, 0.1) is 0 Å². The van der Waals surface area contributed by atoms with Crippen molar-refractivity contribution in [1.29, 1.82) is 0 Å². The molecule has 3 aromatic carbocycles. The molecule has 0 spiro atoms. The van der Waals surface area contributed by atoms with Gasteiger partial charge in [-0.1, -0.05) is 45.0 Å². The molecule has 0 saturated heterocycles. The van der Waals surface area contributed by atoms with Gasteiger partial charge in [-0.25, -0.2) is 0 Å². The number of hydrogen-bond donors (Lipinski definition) is 2. The van der Waals surface area contributed by atoms with Crippen LogP contribution in [0.1, 0.15) is 55.0 Å². The van der Waals surface area contributed by atoms with Gasteiger partial charge in [0.05, 0.1) is 5.69 Å². The molecule has 0 atom stereocenters. The number of aryl methyl sites for hydroxylation is 2. The normalized spacial score (nSPS) is 11.6. The number of rotatable bonds is 7. The zero-order chi connectivity index (χ0) is 20.8. The third kappa shape index (κ3) is 5.05. The minimum Gasteiger partial charge on any atom is -0.508 e. The molecule has 0 bridgehead atoms. The van der Waals surface area contributed by atoms with Crippen LogP contribution >= 0.6 is 0 Å². The molecule has 3 aromatic rings. The molecule has 0 amide bonds. The summed E-state index contributed by atoms with van der Waals surface area (Å²) in [5, 5.41) is 9.54. The molecule has 0 aliphatic carbocycles. The highest BCUT2D eigenvalue weighted by Crippen LogP contribution is 2.26. The van der Waals surface area contributed by atoms with Gasteiger partial charge in [0, 0.05) is 11.4 Å². The Hall–Kier alpha value is -3.07. The van der Waals surface area contributed by atoms with Crippen molar-refractivity contribution in [2.24, 2.45) is 4.99 Å². The van der Waals surface area contributed by atoms with E-state index < -0.39 is 0 Å². The van der Waals surface area contributed by atoms with Crippen molar-refractivity contribution in [2.45, 2.75) is 46.5 Å².